The molecule has 0 unspecified atom stereocenters. The minimum Gasteiger partial charge on any atom is -0.478 e. The van der Waals surface area contributed by atoms with Crippen molar-refractivity contribution in [3.63, 3.8) is 0 Å². The van der Waals surface area contributed by atoms with Gasteiger partial charge in [-0.1, -0.05) is 6.92 Å². The Kier molecular flexibility index (Phi) is 4.13. The van der Waals surface area contributed by atoms with Crippen molar-refractivity contribution in [2.75, 3.05) is 5.75 Å². The van der Waals surface area contributed by atoms with Crippen LogP contribution in [0.15, 0.2) is 35.4 Å². The van der Waals surface area contributed by atoms with Gasteiger partial charge >= 0.3 is 5.97 Å². The van der Waals surface area contributed by atoms with E-state index in [2.05, 4.69) is 5.10 Å². The van der Waals surface area contributed by atoms with Crippen molar-refractivity contribution >= 4 is 15.8 Å². The first kappa shape index (κ1) is 15.2. The summed E-state index contributed by atoms with van der Waals surface area (Å²) in [4.78, 5) is 11.3. The van der Waals surface area contributed by atoms with Gasteiger partial charge in [0.15, 0.2) is 9.84 Å². The van der Waals surface area contributed by atoms with Gasteiger partial charge in [0.25, 0.3) is 0 Å². The van der Waals surface area contributed by atoms with Crippen molar-refractivity contribution in [2.24, 2.45) is 0 Å². The molecule has 0 bridgehead atoms. The van der Waals surface area contributed by atoms with Crippen LogP contribution in [0, 0.1) is 6.92 Å². The van der Waals surface area contributed by atoms with Gasteiger partial charge in [0.05, 0.1) is 22.0 Å². The largest absolute Gasteiger partial charge is 0.478 e. The van der Waals surface area contributed by atoms with E-state index < -0.39 is 15.8 Å². The van der Waals surface area contributed by atoms with Crippen LogP contribution >= 0.6 is 0 Å². The van der Waals surface area contributed by atoms with Crippen LogP contribution in [-0.2, 0) is 9.84 Å². The Hall–Kier alpha value is -2.15. The summed E-state index contributed by atoms with van der Waals surface area (Å²) in [6, 6.07) is 6.25. The van der Waals surface area contributed by atoms with Crippen LogP contribution in [0.3, 0.4) is 0 Å². The number of rotatable bonds is 5. The Labute approximate surface area is 123 Å². The smallest absolute Gasteiger partial charge is 0.339 e. The Bertz CT molecular complexity index is 761. The molecule has 0 aliphatic rings. The molecule has 0 fully saturated rings. The molecule has 21 heavy (non-hydrogen) atoms. The standard InChI is InChI=1S/C14H16N2O4S/c1-3-8-21(19,20)12-6-4-11(5-7-12)16-9-13(14(17)18)10(2)15-16/h4-7,9H,3,8H2,1-2H3,(H,17,18). The summed E-state index contributed by atoms with van der Waals surface area (Å²) in [7, 11) is -3.25. The lowest BCUT2D eigenvalue weighted by Crippen LogP contribution is -2.06. The number of benzene rings is 1. The molecule has 0 aliphatic heterocycles. The van der Waals surface area contributed by atoms with Crippen molar-refractivity contribution in [2.45, 2.75) is 25.2 Å². The van der Waals surface area contributed by atoms with Gasteiger partial charge in [-0.05, 0) is 37.6 Å². The van der Waals surface area contributed by atoms with Gasteiger partial charge in [-0.2, -0.15) is 5.10 Å². The predicted molar refractivity (Wildman–Crippen MR) is 77.6 cm³/mol. The van der Waals surface area contributed by atoms with E-state index in [4.69, 9.17) is 5.11 Å². The van der Waals surface area contributed by atoms with Gasteiger partial charge in [0.1, 0.15) is 5.56 Å². The van der Waals surface area contributed by atoms with E-state index in [1.807, 2.05) is 6.92 Å². The Morgan fingerprint density at radius 2 is 1.90 bits per heavy atom. The lowest BCUT2D eigenvalue weighted by Gasteiger charge is -2.05. The van der Waals surface area contributed by atoms with Crippen molar-refractivity contribution in [1.29, 1.82) is 0 Å². The SMILES string of the molecule is CCCS(=O)(=O)c1ccc(-n2cc(C(=O)O)c(C)n2)cc1. The topological polar surface area (TPSA) is 89.3 Å². The molecule has 0 spiro atoms. The molecule has 2 rings (SSSR count). The van der Waals surface area contributed by atoms with Gasteiger partial charge < -0.3 is 5.11 Å². The van der Waals surface area contributed by atoms with Crippen LogP contribution < -0.4 is 0 Å². The number of aromatic carboxylic acids is 1. The van der Waals surface area contributed by atoms with Crippen LogP contribution in [0.5, 0.6) is 0 Å². The van der Waals surface area contributed by atoms with Gasteiger partial charge in [-0.3, -0.25) is 0 Å². The Morgan fingerprint density at radius 1 is 1.29 bits per heavy atom. The zero-order valence-electron chi connectivity index (χ0n) is 11.8. The van der Waals surface area contributed by atoms with Crippen molar-refractivity contribution < 1.29 is 18.3 Å². The molecule has 112 valence electrons. The summed E-state index contributed by atoms with van der Waals surface area (Å²) in [5.41, 5.74) is 1.14. The molecule has 1 N–H and O–H groups in total. The molecule has 7 heteroatoms. The van der Waals surface area contributed by atoms with E-state index in [-0.39, 0.29) is 16.2 Å². The minimum atomic E-state index is -3.25. The Balaban J connectivity index is 2.36. The zero-order chi connectivity index (χ0) is 15.6. The number of carboxylic acid groups (broad SMARTS) is 1. The maximum absolute atomic E-state index is 11.9. The van der Waals surface area contributed by atoms with Crippen LogP contribution in [0.25, 0.3) is 5.69 Å². The lowest BCUT2D eigenvalue weighted by atomic mass is 10.3. The number of hydrogen-bond acceptors (Lipinski definition) is 4. The summed E-state index contributed by atoms with van der Waals surface area (Å²) in [5, 5.41) is 13.1. The maximum Gasteiger partial charge on any atom is 0.339 e. The number of aryl methyl sites for hydroxylation is 1. The highest BCUT2D eigenvalue weighted by Crippen LogP contribution is 2.17. The fraction of sp³-hybridized carbons (Fsp3) is 0.286. The number of carboxylic acids is 1. The summed E-state index contributed by atoms with van der Waals surface area (Å²) in [6.45, 7) is 3.42. The van der Waals surface area contributed by atoms with Crippen LogP contribution in [0.4, 0.5) is 0 Å². The Morgan fingerprint density at radius 3 is 2.38 bits per heavy atom. The number of carbonyl (C=O) groups is 1. The molecule has 0 saturated heterocycles. The minimum absolute atomic E-state index is 0.108. The van der Waals surface area contributed by atoms with E-state index in [9.17, 15) is 13.2 Å². The van der Waals surface area contributed by atoms with E-state index in [1.165, 1.54) is 23.0 Å². The molecule has 0 aliphatic carbocycles. The third kappa shape index (κ3) is 3.13. The monoisotopic (exact) mass is 308 g/mol. The fourth-order valence-electron chi connectivity index (χ4n) is 2.00. The first-order valence-electron chi connectivity index (χ1n) is 6.48. The van der Waals surface area contributed by atoms with Gasteiger partial charge in [0, 0.05) is 6.20 Å². The van der Waals surface area contributed by atoms with Crippen molar-refractivity contribution in [3.05, 3.63) is 41.7 Å². The maximum atomic E-state index is 11.9. The summed E-state index contributed by atoms with van der Waals surface area (Å²) >= 11 is 0. The first-order chi connectivity index (χ1) is 9.85. The van der Waals surface area contributed by atoms with E-state index >= 15 is 0 Å². The molecule has 0 atom stereocenters. The average Bonchev–Trinajstić information content (AvgIpc) is 2.81. The highest BCUT2D eigenvalue weighted by Gasteiger charge is 2.15. The molecule has 1 aromatic heterocycles. The normalized spacial score (nSPS) is 11.5. The molecule has 2 aromatic rings. The predicted octanol–water partition coefficient (Wildman–Crippen LogP) is 2.06. The van der Waals surface area contributed by atoms with E-state index in [0.717, 1.165) is 0 Å². The number of aromatic nitrogens is 2. The second-order valence-corrected chi connectivity index (χ2v) is 6.80. The highest BCUT2D eigenvalue weighted by atomic mass is 32.2. The van der Waals surface area contributed by atoms with Crippen LogP contribution in [0.2, 0.25) is 0 Å². The second-order valence-electron chi connectivity index (χ2n) is 4.69. The molecular formula is C14H16N2O4S. The van der Waals surface area contributed by atoms with Crippen molar-refractivity contribution in [3.8, 4) is 5.69 Å². The average molecular weight is 308 g/mol. The third-order valence-corrected chi connectivity index (χ3v) is 5.00. The molecule has 0 saturated carbocycles. The summed E-state index contributed by atoms with van der Waals surface area (Å²) < 4.78 is 25.3. The molecule has 6 nitrogen and oxygen atoms in total. The van der Waals surface area contributed by atoms with Crippen LogP contribution in [0.1, 0.15) is 29.4 Å². The first-order valence-corrected chi connectivity index (χ1v) is 8.13. The number of nitrogens with zero attached hydrogens (tertiary/aromatic N) is 2. The number of hydrogen-bond donors (Lipinski definition) is 1. The quantitative estimate of drug-likeness (QED) is 0.913. The third-order valence-electron chi connectivity index (χ3n) is 3.06. The van der Waals surface area contributed by atoms with Crippen LogP contribution in [-0.4, -0.2) is 35.0 Å². The van der Waals surface area contributed by atoms with Crippen molar-refractivity contribution in [1.82, 2.24) is 9.78 Å². The molecule has 0 amide bonds. The highest BCUT2D eigenvalue weighted by molar-refractivity contribution is 7.91. The van der Waals surface area contributed by atoms with Gasteiger partial charge in [-0.15, -0.1) is 0 Å². The van der Waals surface area contributed by atoms with E-state index in [1.54, 1.807) is 19.1 Å². The van der Waals surface area contributed by atoms with E-state index in [0.29, 0.717) is 17.8 Å². The van der Waals surface area contributed by atoms with Gasteiger partial charge in [0.2, 0.25) is 0 Å². The molecule has 0 radical (unpaired) electrons. The summed E-state index contributed by atoms with van der Waals surface area (Å²) in [5.74, 6) is -0.933. The lowest BCUT2D eigenvalue weighted by molar-refractivity contribution is 0.0696. The molecule has 1 aromatic carbocycles. The zero-order valence-corrected chi connectivity index (χ0v) is 12.6. The molecular weight excluding hydrogens is 292 g/mol. The second kappa shape index (κ2) is 5.69. The molecule has 1 heterocycles. The fourth-order valence-corrected chi connectivity index (χ4v) is 3.32. The summed E-state index contributed by atoms with van der Waals surface area (Å²) in [6.07, 6.45) is 1.97. The van der Waals surface area contributed by atoms with Gasteiger partial charge in [-0.25, -0.2) is 17.9 Å². The number of sulfone groups is 1.